The summed E-state index contributed by atoms with van der Waals surface area (Å²) in [4.78, 5) is 4.42. The molecule has 0 atom stereocenters. The lowest BCUT2D eigenvalue weighted by molar-refractivity contribution is 0.476. The van der Waals surface area contributed by atoms with Crippen LogP contribution >= 0.6 is 0 Å². The first-order chi connectivity index (χ1) is 8.83. The van der Waals surface area contributed by atoms with E-state index in [1.807, 2.05) is 12.1 Å². The third-order valence-electron chi connectivity index (χ3n) is 3.43. The minimum Gasteiger partial charge on any atom is -0.508 e. The lowest BCUT2D eigenvalue weighted by Gasteiger charge is -2.24. The van der Waals surface area contributed by atoms with Gasteiger partial charge in [-0.25, -0.2) is 4.98 Å². The minimum absolute atomic E-state index is 0.293. The molecule has 1 fully saturated rings. The Morgan fingerprint density at radius 1 is 1.22 bits per heavy atom. The molecule has 0 spiro atoms. The Morgan fingerprint density at radius 2 is 2.06 bits per heavy atom. The zero-order chi connectivity index (χ0) is 12.4. The molecule has 0 amide bonds. The van der Waals surface area contributed by atoms with Crippen molar-refractivity contribution in [2.75, 3.05) is 18.4 Å². The molecule has 4 heteroatoms. The summed E-state index contributed by atoms with van der Waals surface area (Å²) in [6.45, 7) is 2.12. The number of fused-ring (bicyclic) bond motifs is 1. The van der Waals surface area contributed by atoms with Crippen LogP contribution in [-0.4, -0.2) is 29.2 Å². The van der Waals surface area contributed by atoms with E-state index in [2.05, 4.69) is 15.6 Å². The molecule has 1 aromatic heterocycles. The number of benzene rings is 1. The Balaban J connectivity index is 1.91. The summed E-state index contributed by atoms with van der Waals surface area (Å²) in [6.07, 6.45) is 4.03. The van der Waals surface area contributed by atoms with Gasteiger partial charge in [-0.05, 0) is 55.6 Å². The fraction of sp³-hybridized carbons (Fsp3) is 0.357. The molecule has 1 aliphatic heterocycles. The number of hydrogen-bond acceptors (Lipinski definition) is 4. The summed E-state index contributed by atoms with van der Waals surface area (Å²) >= 11 is 0. The van der Waals surface area contributed by atoms with Gasteiger partial charge in [0.05, 0.1) is 0 Å². The molecule has 18 heavy (non-hydrogen) atoms. The lowest BCUT2D eigenvalue weighted by Crippen LogP contribution is -2.35. The second-order valence-corrected chi connectivity index (χ2v) is 4.73. The maximum Gasteiger partial charge on any atom is 0.134 e. The summed E-state index contributed by atoms with van der Waals surface area (Å²) < 4.78 is 0. The Bertz CT molecular complexity index is 550. The zero-order valence-corrected chi connectivity index (χ0v) is 10.2. The van der Waals surface area contributed by atoms with Crippen molar-refractivity contribution in [1.82, 2.24) is 10.3 Å². The standard InChI is InChI=1S/C14H17N3O/c18-12-1-2-13-10(9-12)3-8-16-14(13)17-11-4-6-15-7-5-11/h1-3,8-9,11,15,18H,4-7H2,(H,16,17). The third-order valence-corrected chi connectivity index (χ3v) is 3.43. The van der Waals surface area contributed by atoms with E-state index in [1.54, 1.807) is 18.3 Å². The van der Waals surface area contributed by atoms with Crippen molar-refractivity contribution in [2.24, 2.45) is 0 Å². The van der Waals surface area contributed by atoms with Gasteiger partial charge < -0.3 is 15.7 Å². The number of nitrogens with one attached hydrogen (secondary N) is 2. The molecule has 0 aliphatic carbocycles. The first-order valence-electron chi connectivity index (χ1n) is 6.38. The summed E-state index contributed by atoms with van der Waals surface area (Å²) in [5, 5.41) is 18.4. The predicted molar refractivity (Wildman–Crippen MR) is 72.9 cm³/mol. The number of phenolic OH excluding ortho intramolecular Hbond substituents is 1. The van der Waals surface area contributed by atoms with Gasteiger partial charge in [0.25, 0.3) is 0 Å². The van der Waals surface area contributed by atoms with Crippen LogP contribution in [0.4, 0.5) is 5.82 Å². The monoisotopic (exact) mass is 243 g/mol. The quantitative estimate of drug-likeness (QED) is 0.756. The average Bonchev–Trinajstić information content (AvgIpc) is 2.40. The van der Waals surface area contributed by atoms with E-state index in [4.69, 9.17) is 0 Å². The van der Waals surface area contributed by atoms with Crippen molar-refractivity contribution in [3.63, 3.8) is 0 Å². The van der Waals surface area contributed by atoms with Crippen LogP contribution < -0.4 is 10.6 Å². The number of rotatable bonds is 2. The number of piperidine rings is 1. The van der Waals surface area contributed by atoms with Crippen molar-refractivity contribution in [3.05, 3.63) is 30.5 Å². The highest BCUT2D eigenvalue weighted by molar-refractivity contribution is 5.92. The summed E-state index contributed by atoms with van der Waals surface area (Å²) in [5.41, 5.74) is 0. The van der Waals surface area contributed by atoms with Gasteiger partial charge in [0.15, 0.2) is 0 Å². The fourth-order valence-corrected chi connectivity index (χ4v) is 2.44. The number of phenols is 1. The Kier molecular flexibility index (Phi) is 3.02. The summed E-state index contributed by atoms with van der Waals surface area (Å²) in [5.74, 6) is 1.21. The number of aromatic nitrogens is 1. The molecule has 0 unspecified atom stereocenters. The maximum absolute atomic E-state index is 9.49. The fourth-order valence-electron chi connectivity index (χ4n) is 2.44. The van der Waals surface area contributed by atoms with Crippen LogP contribution in [0.3, 0.4) is 0 Å². The van der Waals surface area contributed by atoms with Gasteiger partial charge in [-0.1, -0.05) is 0 Å². The van der Waals surface area contributed by atoms with E-state index >= 15 is 0 Å². The number of hydrogen-bond donors (Lipinski definition) is 3. The molecule has 2 heterocycles. The third kappa shape index (κ3) is 2.24. The van der Waals surface area contributed by atoms with Crippen molar-refractivity contribution in [1.29, 1.82) is 0 Å². The Hall–Kier alpha value is -1.81. The molecular formula is C14H17N3O. The largest absolute Gasteiger partial charge is 0.508 e. The van der Waals surface area contributed by atoms with Crippen molar-refractivity contribution >= 4 is 16.6 Å². The van der Waals surface area contributed by atoms with Crippen molar-refractivity contribution in [3.8, 4) is 5.75 Å². The lowest BCUT2D eigenvalue weighted by atomic mass is 10.1. The normalized spacial score (nSPS) is 16.9. The Morgan fingerprint density at radius 3 is 2.89 bits per heavy atom. The summed E-state index contributed by atoms with van der Waals surface area (Å²) in [7, 11) is 0. The number of nitrogens with zero attached hydrogens (tertiary/aromatic N) is 1. The zero-order valence-electron chi connectivity index (χ0n) is 10.2. The van der Waals surface area contributed by atoms with Crippen molar-refractivity contribution in [2.45, 2.75) is 18.9 Å². The Labute approximate surface area is 106 Å². The van der Waals surface area contributed by atoms with E-state index < -0.39 is 0 Å². The highest BCUT2D eigenvalue weighted by Crippen LogP contribution is 2.25. The maximum atomic E-state index is 9.49. The molecule has 4 nitrogen and oxygen atoms in total. The van der Waals surface area contributed by atoms with Crippen LogP contribution in [0, 0.1) is 0 Å². The van der Waals surface area contributed by atoms with Crippen LogP contribution in [0.1, 0.15) is 12.8 Å². The molecule has 3 N–H and O–H groups in total. The highest BCUT2D eigenvalue weighted by atomic mass is 16.3. The van der Waals surface area contributed by atoms with Gasteiger partial charge >= 0.3 is 0 Å². The molecule has 0 saturated carbocycles. The molecule has 3 rings (SSSR count). The number of aromatic hydroxyl groups is 1. The van der Waals surface area contributed by atoms with Crippen LogP contribution in [0.25, 0.3) is 10.8 Å². The first kappa shape index (κ1) is 11.3. The first-order valence-corrected chi connectivity index (χ1v) is 6.38. The van der Waals surface area contributed by atoms with Crippen LogP contribution in [0.2, 0.25) is 0 Å². The van der Waals surface area contributed by atoms with Crippen molar-refractivity contribution < 1.29 is 5.11 Å². The SMILES string of the molecule is Oc1ccc2c(NC3CCNCC3)nccc2c1. The van der Waals surface area contributed by atoms with Gasteiger partial charge in [-0.3, -0.25) is 0 Å². The van der Waals surface area contributed by atoms with E-state index in [0.717, 1.165) is 42.5 Å². The molecule has 94 valence electrons. The average molecular weight is 243 g/mol. The van der Waals surface area contributed by atoms with E-state index in [9.17, 15) is 5.11 Å². The molecule has 1 aliphatic rings. The van der Waals surface area contributed by atoms with Crippen LogP contribution in [-0.2, 0) is 0 Å². The van der Waals surface area contributed by atoms with Crippen LogP contribution in [0.5, 0.6) is 5.75 Å². The van der Waals surface area contributed by atoms with Gasteiger partial charge in [0.2, 0.25) is 0 Å². The van der Waals surface area contributed by atoms with Crippen LogP contribution in [0.15, 0.2) is 30.5 Å². The molecule has 2 aromatic rings. The molecule has 1 saturated heterocycles. The minimum atomic E-state index is 0.293. The number of pyridine rings is 1. The second kappa shape index (κ2) is 4.82. The predicted octanol–water partition coefficient (Wildman–Crippen LogP) is 2.10. The summed E-state index contributed by atoms with van der Waals surface area (Å²) in [6, 6.07) is 7.80. The van der Waals surface area contributed by atoms with Gasteiger partial charge in [0, 0.05) is 17.6 Å². The topological polar surface area (TPSA) is 57.2 Å². The van der Waals surface area contributed by atoms with E-state index in [-0.39, 0.29) is 0 Å². The molecular weight excluding hydrogens is 226 g/mol. The van der Waals surface area contributed by atoms with E-state index in [0.29, 0.717) is 11.8 Å². The number of anilines is 1. The molecule has 0 bridgehead atoms. The van der Waals surface area contributed by atoms with Gasteiger partial charge in [0.1, 0.15) is 11.6 Å². The van der Waals surface area contributed by atoms with Gasteiger partial charge in [-0.15, -0.1) is 0 Å². The van der Waals surface area contributed by atoms with Gasteiger partial charge in [-0.2, -0.15) is 0 Å². The van der Waals surface area contributed by atoms with E-state index in [1.165, 1.54) is 0 Å². The smallest absolute Gasteiger partial charge is 0.134 e. The molecule has 1 aromatic carbocycles. The highest BCUT2D eigenvalue weighted by Gasteiger charge is 2.14. The molecule has 0 radical (unpaired) electrons. The second-order valence-electron chi connectivity index (χ2n) is 4.73.